The van der Waals surface area contributed by atoms with E-state index in [9.17, 15) is 0 Å². The van der Waals surface area contributed by atoms with Crippen LogP contribution >= 0.6 is 0 Å². The Hall–Kier alpha value is -6.00. The number of fused-ring (bicyclic) bond motifs is 9. The van der Waals surface area contributed by atoms with E-state index in [0.717, 1.165) is 38.7 Å². The minimum atomic E-state index is 0.676. The number of hydrogen-bond acceptors (Lipinski definition) is 2. The van der Waals surface area contributed by atoms with E-state index >= 15 is 0 Å². The summed E-state index contributed by atoms with van der Waals surface area (Å²) < 4.78 is 4.69. The van der Waals surface area contributed by atoms with Gasteiger partial charge in [0, 0.05) is 32.5 Å². The predicted molar refractivity (Wildman–Crippen MR) is 182 cm³/mol. The van der Waals surface area contributed by atoms with Crippen molar-refractivity contribution in [2.24, 2.45) is 0 Å². The Morgan fingerprint density at radius 2 is 1.00 bits per heavy atom. The summed E-state index contributed by atoms with van der Waals surface area (Å²) in [4.78, 5) is 10.6. The van der Waals surface area contributed by atoms with Gasteiger partial charge in [-0.1, -0.05) is 121 Å². The Labute approximate surface area is 252 Å². The van der Waals surface area contributed by atoms with Crippen molar-refractivity contribution < 1.29 is 0 Å². The Kier molecular flexibility index (Phi) is 4.69. The molecule has 0 fully saturated rings. The second kappa shape index (κ2) is 8.76. The molecular formula is C40H24N4. The van der Waals surface area contributed by atoms with Gasteiger partial charge in [-0.3, -0.25) is 4.57 Å². The number of hydrogen-bond donors (Lipinski definition) is 0. The molecule has 5 heterocycles. The minimum absolute atomic E-state index is 0.676. The van der Waals surface area contributed by atoms with Gasteiger partial charge in [-0.15, -0.1) is 0 Å². The van der Waals surface area contributed by atoms with Crippen molar-refractivity contribution in [1.82, 2.24) is 18.9 Å². The van der Waals surface area contributed by atoms with Gasteiger partial charge in [0.05, 0.1) is 38.8 Å². The maximum Gasteiger partial charge on any atom is 0.235 e. The number of aromatic nitrogens is 4. The van der Waals surface area contributed by atoms with Crippen LogP contribution in [0.3, 0.4) is 0 Å². The molecule has 0 aliphatic rings. The molecule has 0 saturated carbocycles. The zero-order chi connectivity index (χ0) is 28.8. The molecule has 0 aliphatic carbocycles. The fourth-order valence-corrected chi connectivity index (χ4v) is 7.19. The van der Waals surface area contributed by atoms with Gasteiger partial charge in [-0.2, -0.15) is 0 Å². The lowest BCUT2D eigenvalue weighted by molar-refractivity contribution is 1.02. The predicted octanol–water partition coefficient (Wildman–Crippen LogP) is 10.1. The first-order valence-corrected chi connectivity index (χ1v) is 14.9. The molecule has 204 valence electrons. The molecule has 0 unspecified atom stereocenters. The molecule has 4 heteroatoms. The van der Waals surface area contributed by atoms with Crippen LogP contribution in [0.5, 0.6) is 0 Å². The minimum Gasteiger partial charge on any atom is -0.306 e. The number of benzene rings is 5. The highest BCUT2D eigenvalue weighted by Crippen LogP contribution is 2.44. The number of nitrogens with zero attached hydrogens (tertiary/aromatic N) is 4. The van der Waals surface area contributed by atoms with Crippen molar-refractivity contribution in [1.29, 1.82) is 0 Å². The van der Waals surface area contributed by atoms with Gasteiger partial charge in [0.15, 0.2) is 0 Å². The fourth-order valence-electron chi connectivity index (χ4n) is 7.19. The van der Waals surface area contributed by atoms with Crippen LogP contribution in [0.15, 0.2) is 146 Å². The summed E-state index contributed by atoms with van der Waals surface area (Å²) in [5.74, 6) is 0.676. The van der Waals surface area contributed by atoms with Crippen LogP contribution in [0, 0.1) is 0 Å². The van der Waals surface area contributed by atoms with Gasteiger partial charge in [-0.05, 0) is 35.4 Å². The van der Waals surface area contributed by atoms with Crippen LogP contribution in [-0.4, -0.2) is 18.9 Å². The van der Waals surface area contributed by atoms with Gasteiger partial charge < -0.3 is 4.40 Å². The van der Waals surface area contributed by atoms with E-state index in [2.05, 4.69) is 148 Å². The molecule has 10 aromatic rings. The van der Waals surface area contributed by atoms with Crippen molar-refractivity contribution in [2.45, 2.75) is 0 Å². The van der Waals surface area contributed by atoms with Gasteiger partial charge in [0.2, 0.25) is 5.95 Å². The van der Waals surface area contributed by atoms with Gasteiger partial charge >= 0.3 is 0 Å². The van der Waals surface area contributed by atoms with E-state index in [4.69, 9.17) is 9.97 Å². The summed E-state index contributed by atoms with van der Waals surface area (Å²) in [6.45, 7) is 0. The summed E-state index contributed by atoms with van der Waals surface area (Å²) in [7, 11) is 0. The van der Waals surface area contributed by atoms with E-state index in [1.54, 1.807) is 0 Å². The normalized spacial score (nSPS) is 12.1. The molecule has 5 aromatic heterocycles. The summed E-state index contributed by atoms with van der Waals surface area (Å²) in [6, 6.07) is 51.5. The highest BCUT2D eigenvalue weighted by Gasteiger charge is 2.25. The summed E-state index contributed by atoms with van der Waals surface area (Å²) in [5, 5.41) is 6.02. The van der Waals surface area contributed by atoms with Crippen molar-refractivity contribution in [3.8, 4) is 28.3 Å². The largest absolute Gasteiger partial charge is 0.306 e. The number of pyridine rings is 1. The summed E-state index contributed by atoms with van der Waals surface area (Å²) in [5.41, 5.74) is 11.2. The lowest BCUT2D eigenvalue weighted by Crippen LogP contribution is -2.03. The van der Waals surface area contributed by atoms with Crippen LogP contribution in [-0.2, 0) is 0 Å². The molecule has 0 aliphatic heterocycles. The Bertz CT molecular complexity index is 2700. The first-order chi connectivity index (χ1) is 21.8. The Balaban J connectivity index is 1.30. The van der Waals surface area contributed by atoms with Crippen molar-refractivity contribution in [3.63, 3.8) is 0 Å². The molecule has 5 aromatic carbocycles. The van der Waals surface area contributed by atoms with E-state index in [1.807, 2.05) is 6.07 Å². The lowest BCUT2D eigenvalue weighted by atomic mass is 10.0. The molecule has 0 bridgehead atoms. The molecule has 44 heavy (non-hydrogen) atoms. The lowest BCUT2D eigenvalue weighted by Gasteiger charge is -2.12. The van der Waals surface area contributed by atoms with Crippen LogP contribution in [0.4, 0.5) is 0 Å². The highest BCUT2D eigenvalue weighted by molar-refractivity contribution is 6.30. The van der Waals surface area contributed by atoms with E-state index in [1.165, 1.54) is 43.7 Å². The number of rotatable bonds is 3. The second-order valence-corrected chi connectivity index (χ2v) is 11.4. The third-order valence-electron chi connectivity index (χ3n) is 9.08. The molecule has 10 rings (SSSR count). The monoisotopic (exact) mass is 560 g/mol. The average molecular weight is 561 g/mol. The summed E-state index contributed by atoms with van der Waals surface area (Å²) in [6.07, 6.45) is 0. The fraction of sp³-hybridized carbons (Fsp3) is 0. The third-order valence-corrected chi connectivity index (χ3v) is 9.08. The van der Waals surface area contributed by atoms with Crippen molar-refractivity contribution in [2.75, 3.05) is 0 Å². The molecule has 0 N–H and O–H groups in total. The van der Waals surface area contributed by atoms with Crippen LogP contribution in [0.1, 0.15) is 0 Å². The van der Waals surface area contributed by atoms with Crippen LogP contribution in [0.2, 0.25) is 0 Å². The zero-order valence-corrected chi connectivity index (χ0v) is 23.6. The summed E-state index contributed by atoms with van der Waals surface area (Å²) >= 11 is 0. The first kappa shape index (κ1) is 23.6. The van der Waals surface area contributed by atoms with Gasteiger partial charge in [0.1, 0.15) is 0 Å². The average Bonchev–Trinajstić information content (AvgIpc) is 3.73. The molecular weight excluding hydrogens is 536 g/mol. The Morgan fingerprint density at radius 3 is 1.84 bits per heavy atom. The highest BCUT2D eigenvalue weighted by atomic mass is 15.2. The molecule has 0 saturated heterocycles. The van der Waals surface area contributed by atoms with Gasteiger partial charge in [0.25, 0.3) is 0 Å². The maximum atomic E-state index is 5.36. The van der Waals surface area contributed by atoms with Crippen molar-refractivity contribution in [3.05, 3.63) is 146 Å². The molecule has 0 atom stereocenters. The quantitative estimate of drug-likeness (QED) is 0.215. The smallest absolute Gasteiger partial charge is 0.235 e. The van der Waals surface area contributed by atoms with Crippen molar-refractivity contribution >= 4 is 60.0 Å². The molecule has 0 spiro atoms. The number of para-hydroxylation sites is 2. The Morgan fingerprint density at radius 1 is 0.386 bits per heavy atom. The first-order valence-electron chi connectivity index (χ1n) is 14.9. The standard InChI is InChI=1S/C40H24N4/c1-2-11-25(12-3-1)26-21-23-27(24-22-26)37-30-15-6-8-17-32(30)41-40(42-37)44-34-18-9-7-16-31(34)36-38-29-14-5-4-13-28(29)33-19-10-20-35(39(36)44)43(33)38/h1-24H. The van der Waals surface area contributed by atoms with E-state index in [-0.39, 0.29) is 0 Å². The molecule has 0 amide bonds. The topological polar surface area (TPSA) is 35.1 Å². The van der Waals surface area contributed by atoms with Crippen LogP contribution in [0.25, 0.3) is 88.4 Å². The van der Waals surface area contributed by atoms with E-state index in [0.29, 0.717) is 5.95 Å². The molecule has 0 radical (unpaired) electrons. The molecule has 4 nitrogen and oxygen atoms in total. The second-order valence-electron chi connectivity index (χ2n) is 11.4. The maximum absolute atomic E-state index is 5.36. The van der Waals surface area contributed by atoms with E-state index < -0.39 is 0 Å². The van der Waals surface area contributed by atoms with Crippen LogP contribution < -0.4 is 0 Å². The SMILES string of the molecule is c1ccc(-c2ccc(-c3nc(-n4c5ccccc5c5c4c4cccc6c7ccccc7c5n64)nc4ccccc34)cc2)cc1. The third kappa shape index (κ3) is 3.11. The van der Waals surface area contributed by atoms with Gasteiger partial charge in [-0.25, -0.2) is 9.97 Å². The zero-order valence-electron chi connectivity index (χ0n) is 23.6.